The van der Waals surface area contributed by atoms with E-state index in [0.717, 1.165) is 57.1 Å². The molecule has 1 saturated heterocycles. The summed E-state index contributed by atoms with van der Waals surface area (Å²) in [7, 11) is 0. The maximum atomic E-state index is 13.4. The summed E-state index contributed by atoms with van der Waals surface area (Å²) in [6.07, 6.45) is 2.60. The number of pyridine rings is 1. The van der Waals surface area contributed by atoms with Crippen molar-refractivity contribution in [3.63, 3.8) is 0 Å². The molecule has 1 fully saturated rings. The Labute approximate surface area is 181 Å². The molecule has 0 unspecified atom stereocenters. The van der Waals surface area contributed by atoms with Crippen molar-refractivity contribution >= 4 is 17.2 Å². The third-order valence-electron chi connectivity index (χ3n) is 5.57. The zero-order chi connectivity index (χ0) is 21.6. The molecule has 0 aliphatic carbocycles. The number of rotatable bonds is 7. The maximum Gasteiger partial charge on any atom is 0.171 e. The van der Waals surface area contributed by atoms with Gasteiger partial charge in [0.25, 0.3) is 0 Å². The molecule has 2 aromatic carbocycles. The van der Waals surface area contributed by atoms with Gasteiger partial charge in [-0.2, -0.15) is 0 Å². The summed E-state index contributed by atoms with van der Waals surface area (Å²) in [6, 6.07) is 16.1. The molecular weight excluding hydrogens is 398 g/mol. The van der Waals surface area contributed by atoms with Crippen molar-refractivity contribution in [1.29, 1.82) is 0 Å². The van der Waals surface area contributed by atoms with E-state index in [1.807, 2.05) is 0 Å². The second-order valence-electron chi connectivity index (χ2n) is 7.63. The fourth-order valence-electron chi connectivity index (χ4n) is 3.92. The number of aromatic nitrogens is 1. The zero-order valence-corrected chi connectivity index (χ0v) is 17.3. The quantitative estimate of drug-likeness (QED) is 0.608. The first-order valence-corrected chi connectivity index (χ1v) is 10.5. The lowest BCUT2D eigenvalue weighted by Crippen LogP contribution is -2.47. The molecular formula is C24H26F2N4O. The van der Waals surface area contributed by atoms with E-state index in [0.29, 0.717) is 5.82 Å². The van der Waals surface area contributed by atoms with Crippen LogP contribution in [-0.4, -0.2) is 54.3 Å². The molecule has 1 N–H and O–H groups in total. The number of hydrogen-bond acceptors (Lipinski definition) is 5. The number of piperazine rings is 1. The lowest BCUT2D eigenvalue weighted by atomic mass is 10.2. The summed E-state index contributed by atoms with van der Waals surface area (Å²) < 4.78 is 26.8. The third-order valence-corrected chi connectivity index (χ3v) is 5.57. The van der Waals surface area contributed by atoms with Gasteiger partial charge < -0.3 is 14.9 Å². The van der Waals surface area contributed by atoms with Crippen molar-refractivity contribution in [2.24, 2.45) is 0 Å². The molecule has 162 valence electrons. The van der Waals surface area contributed by atoms with Gasteiger partial charge in [0.05, 0.1) is 0 Å². The minimum Gasteiger partial charge on any atom is -0.504 e. The normalized spacial score (nSPS) is 14.6. The second-order valence-corrected chi connectivity index (χ2v) is 7.63. The molecule has 4 rings (SSSR count). The van der Waals surface area contributed by atoms with Gasteiger partial charge >= 0.3 is 0 Å². The first-order chi connectivity index (χ1) is 15.1. The Morgan fingerprint density at radius 1 is 0.839 bits per heavy atom. The molecule has 1 aromatic heterocycles. The topological polar surface area (TPSA) is 42.8 Å². The summed E-state index contributed by atoms with van der Waals surface area (Å²) in [5.41, 5.74) is 1.76. The van der Waals surface area contributed by atoms with Crippen LogP contribution in [0.1, 0.15) is 6.42 Å². The molecule has 2 heterocycles. The van der Waals surface area contributed by atoms with Crippen LogP contribution < -0.4 is 9.80 Å². The van der Waals surface area contributed by atoms with Crippen LogP contribution in [0.4, 0.5) is 26.0 Å². The fraction of sp³-hybridized carbons (Fsp3) is 0.292. The zero-order valence-electron chi connectivity index (χ0n) is 17.3. The van der Waals surface area contributed by atoms with Crippen molar-refractivity contribution in [1.82, 2.24) is 9.88 Å². The lowest BCUT2D eigenvalue weighted by Gasteiger charge is -2.36. The van der Waals surface area contributed by atoms with Crippen LogP contribution in [0.3, 0.4) is 0 Å². The molecule has 0 bridgehead atoms. The van der Waals surface area contributed by atoms with Crippen molar-refractivity contribution in [3.8, 4) is 5.75 Å². The fourth-order valence-corrected chi connectivity index (χ4v) is 3.92. The smallest absolute Gasteiger partial charge is 0.171 e. The lowest BCUT2D eigenvalue weighted by molar-refractivity contribution is 0.255. The van der Waals surface area contributed by atoms with E-state index >= 15 is 0 Å². The number of nitrogens with zero attached hydrogens (tertiary/aromatic N) is 4. The molecule has 0 atom stereocenters. The van der Waals surface area contributed by atoms with Crippen molar-refractivity contribution in [2.75, 3.05) is 49.1 Å². The maximum absolute atomic E-state index is 13.4. The highest BCUT2D eigenvalue weighted by atomic mass is 19.1. The minimum absolute atomic E-state index is 0.213. The van der Waals surface area contributed by atoms with Gasteiger partial charge in [-0.15, -0.1) is 0 Å². The Morgan fingerprint density at radius 2 is 1.42 bits per heavy atom. The van der Waals surface area contributed by atoms with Crippen molar-refractivity contribution < 1.29 is 13.9 Å². The first-order valence-electron chi connectivity index (χ1n) is 10.5. The Kier molecular flexibility index (Phi) is 6.62. The summed E-state index contributed by atoms with van der Waals surface area (Å²) in [5, 5.41) is 10.0. The predicted molar refractivity (Wildman–Crippen MR) is 119 cm³/mol. The number of benzene rings is 2. The molecule has 7 heteroatoms. The molecule has 1 aliphatic rings. The SMILES string of the molecule is Oc1cccnc1N1CCN(CCCN(c2ccc(F)cc2)c2ccc(F)cc2)CC1. The molecule has 1 aliphatic heterocycles. The average molecular weight is 424 g/mol. The average Bonchev–Trinajstić information content (AvgIpc) is 2.79. The summed E-state index contributed by atoms with van der Waals surface area (Å²) in [6.45, 7) is 5.06. The van der Waals surface area contributed by atoms with Crippen LogP contribution in [0.2, 0.25) is 0 Å². The van der Waals surface area contributed by atoms with Gasteiger partial charge in [-0.1, -0.05) is 0 Å². The first kappa shape index (κ1) is 21.1. The van der Waals surface area contributed by atoms with Crippen LogP contribution in [0.5, 0.6) is 5.75 Å². The highest BCUT2D eigenvalue weighted by molar-refractivity contribution is 5.63. The second kappa shape index (κ2) is 9.75. The van der Waals surface area contributed by atoms with Gasteiger partial charge in [-0.25, -0.2) is 13.8 Å². The van der Waals surface area contributed by atoms with E-state index in [9.17, 15) is 13.9 Å². The highest BCUT2D eigenvalue weighted by Crippen LogP contribution is 2.27. The standard InChI is InChI=1S/C24H26F2N4O/c25-19-4-8-21(9-5-19)30(22-10-6-20(26)7-11-22)14-2-13-28-15-17-29(18-16-28)24-23(31)3-1-12-27-24/h1,3-12,31H,2,13-18H2. The largest absolute Gasteiger partial charge is 0.504 e. The van der Waals surface area contributed by atoms with E-state index in [1.54, 1.807) is 42.6 Å². The molecule has 3 aromatic rings. The van der Waals surface area contributed by atoms with E-state index in [4.69, 9.17) is 0 Å². The Balaban J connectivity index is 1.34. The molecule has 0 radical (unpaired) electrons. The van der Waals surface area contributed by atoms with Gasteiger partial charge in [0.1, 0.15) is 11.6 Å². The van der Waals surface area contributed by atoms with Gasteiger partial charge in [-0.3, -0.25) is 4.90 Å². The Morgan fingerprint density at radius 3 is 1.97 bits per heavy atom. The van der Waals surface area contributed by atoms with E-state index < -0.39 is 0 Å². The molecule has 0 saturated carbocycles. The number of halogens is 2. The molecule has 0 amide bonds. The van der Waals surface area contributed by atoms with Crippen LogP contribution in [0.15, 0.2) is 66.9 Å². The van der Waals surface area contributed by atoms with Crippen LogP contribution in [0, 0.1) is 11.6 Å². The number of aromatic hydroxyl groups is 1. The Hall–Kier alpha value is -3.19. The van der Waals surface area contributed by atoms with Gasteiger partial charge in [0.15, 0.2) is 11.6 Å². The molecule has 0 spiro atoms. The van der Waals surface area contributed by atoms with E-state index in [1.165, 1.54) is 24.3 Å². The van der Waals surface area contributed by atoms with Gasteiger partial charge in [0, 0.05) is 50.3 Å². The van der Waals surface area contributed by atoms with Crippen LogP contribution in [-0.2, 0) is 0 Å². The summed E-state index contributed by atoms with van der Waals surface area (Å²) in [5.74, 6) is 0.297. The van der Waals surface area contributed by atoms with Crippen LogP contribution >= 0.6 is 0 Å². The molecule has 31 heavy (non-hydrogen) atoms. The minimum atomic E-state index is -0.278. The van der Waals surface area contributed by atoms with Crippen molar-refractivity contribution in [3.05, 3.63) is 78.5 Å². The van der Waals surface area contributed by atoms with Crippen LogP contribution in [0.25, 0.3) is 0 Å². The predicted octanol–water partition coefficient (Wildman–Crippen LogP) is 4.42. The third kappa shape index (κ3) is 5.30. The number of hydrogen-bond donors (Lipinski definition) is 1. The summed E-state index contributed by atoms with van der Waals surface area (Å²) >= 11 is 0. The van der Waals surface area contributed by atoms with Gasteiger partial charge in [-0.05, 0) is 73.6 Å². The highest BCUT2D eigenvalue weighted by Gasteiger charge is 2.20. The monoisotopic (exact) mass is 424 g/mol. The Bertz CT molecular complexity index is 928. The molecule has 5 nitrogen and oxygen atoms in total. The van der Waals surface area contributed by atoms with E-state index in [2.05, 4.69) is 19.7 Å². The summed E-state index contributed by atoms with van der Waals surface area (Å²) in [4.78, 5) is 10.9. The van der Waals surface area contributed by atoms with E-state index in [-0.39, 0.29) is 17.4 Å². The number of anilines is 3. The van der Waals surface area contributed by atoms with Gasteiger partial charge in [0.2, 0.25) is 0 Å². The van der Waals surface area contributed by atoms with Crippen molar-refractivity contribution in [2.45, 2.75) is 6.42 Å².